The van der Waals surface area contributed by atoms with E-state index in [0.717, 1.165) is 12.8 Å². The van der Waals surface area contributed by atoms with E-state index >= 15 is 0 Å². The van der Waals surface area contributed by atoms with E-state index in [1.807, 2.05) is 13.8 Å². The van der Waals surface area contributed by atoms with Crippen LogP contribution in [0.4, 0.5) is 10.5 Å². The Kier molecular flexibility index (Phi) is 10.5. The number of carbonyl (C=O) groups is 2. The Morgan fingerprint density at radius 3 is 2.27 bits per heavy atom. The molecule has 2 aromatic rings. The lowest BCUT2D eigenvalue weighted by atomic mass is 9.96. The first kappa shape index (κ1) is 32.4. The van der Waals surface area contributed by atoms with E-state index in [2.05, 4.69) is 26.1 Å². The zero-order valence-corrected chi connectivity index (χ0v) is 26.6. The van der Waals surface area contributed by atoms with Gasteiger partial charge >= 0.3 is 6.09 Å². The number of hydrogen-bond acceptors (Lipinski definition) is 8. The van der Waals surface area contributed by atoms with Crippen molar-refractivity contribution in [1.82, 2.24) is 4.90 Å². The molecule has 0 aromatic heterocycles. The molecule has 3 rings (SSSR count). The maximum absolute atomic E-state index is 14.0. The van der Waals surface area contributed by atoms with E-state index in [9.17, 15) is 18.0 Å². The van der Waals surface area contributed by atoms with Gasteiger partial charge < -0.3 is 23.5 Å². The third-order valence-electron chi connectivity index (χ3n) is 6.61. The molecule has 2 radical (unpaired) electrons. The Balaban J connectivity index is 1.80. The summed E-state index contributed by atoms with van der Waals surface area (Å²) in [5, 5.41) is 2.59. The minimum atomic E-state index is -3.63. The second-order valence-electron chi connectivity index (χ2n) is 11.4. The first-order valence-corrected chi connectivity index (χ1v) is 16.0. The second-order valence-corrected chi connectivity index (χ2v) is 15.4. The molecule has 0 aliphatic carbocycles. The van der Waals surface area contributed by atoms with Crippen molar-refractivity contribution < 1.29 is 36.6 Å². The van der Waals surface area contributed by atoms with E-state index < -0.39 is 21.5 Å². The zero-order valence-electron chi connectivity index (χ0n) is 24.8. The highest BCUT2D eigenvalue weighted by atomic mass is 32.2. The van der Waals surface area contributed by atoms with Gasteiger partial charge in [-0.15, -0.1) is 0 Å². The predicted molar refractivity (Wildman–Crippen MR) is 158 cm³/mol. The van der Waals surface area contributed by atoms with Crippen LogP contribution in [0, 0.1) is 0 Å². The van der Waals surface area contributed by atoms with Gasteiger partial charge in [0.2, 0.25) is 9.76 Å². The van der Waals surface area contributed by atoms with Crippen LogP contribution in [0.5, 0.6) is 11.5 Å². The van der Waals surface area contributed by atoms with Gasteiger partial charge in [0.05, 0.1) is 47.8 Å². The molecule has 2 amide bonds. The first-order chi connectivity index (χ1) is 19.2. The predicted octanol–water partition coefficient (Wildman–Crippen LogP) is 4.96. The zero-order chi connectivity index (χ0) is 30.4. The molecule has 1 aliphatic heterocycles. The van der Waals surface area contributed by atoms with Crippen molar-refractivity contribution in [3.05, 3.63) is 48.0 Å². The van der Waals surface area contributed by atoms with Gasteiger partial charge in [0.15, 0.2) is 21.3 Å². The molecule has 10 nitrogen and oxygen atoms in total. The van der Waals surface area contributed by atoms with E-state index in [-0.39, 0.29) is 55.3 Å². The standard InChI is InChI=1S/C29H40N2O8SSi/c1-28(2,3)41-39-29(4,5)25-14-11-15-31(25)26(32)21-18-23(36-6)24(37-7)19-22(21)30-27(33)38-16-17-40(34,35)20-12-9-8-10-13-20/h8-10,12-13,18-19,25H,11,14-17H2,1-7H3,(H,30,33). The quantitative estimate of drug-likeness (QED) is 0.357. The van der Waals surface area contributed by atoms with Gasteiger partial charge in [-0.05, 0) is 49.9 Å². The molecule has 1 atom stereocenters. The van der Waals surface area contributed by atoms with Gasteiger partial charge in [-0.25, -0.2) is 13.2 Å². The number of methoxy groups -OCH3 is 2. The van der Waals surface area contributed by atoms with E-state index in [0.29, 0.717) is 18.0 Å². The van der Waals surface area contributed by atoms with Crippen molar-refractivity contribution in [1.29, 1.82) is 0 Å². The highest BCUT2D eigenvalue weighted by molar-refractivity contribution is 7.91. The summed E-state index contributed by atoms with van der Waals surface area (Å²) in [6.45, 7) is 10.5. The number of benzene rings is 2. The van der Waals surface area contributed by atoms with E-state index in [1.54, 1.807) is 23.1 Å². The van der Waals surface area contributed by atoms with Gasteiger partial charge in [-0.2, -0.15) is 0 Å². The van der Waals surface area contributed by atoms with Crippen LogP contribution in [0.1, 0.15) is 57.8 Å². The number of nitrogens with one attached hydrogen (secondary N) is 1. The molecule has 1 heterocycles. The third-order valence-corrected chi connectivity index (χ3v) is 9.55. The fourth-order valence-corrected chi connectivity index (χ4v) is 6.35. The molecule has 0 saturated carbocycles. The van der Waals surface area contributed by atoms with Crippen molar-refractivity contribution in [3.63, 3.8) is 0 Å². The molecule has 41 heavy (non-hydrogen) atoms. The van der Waals surface area contributed by atoms with Crippen LogP contribution in [0.3, 0.4) is 0 Å². The van der Waals surface area contributed by atoms with Crippen LogP contribution in [0.25, 0.3) is 0 Å². The summed E-state index contributed by atoms with van der Waals surface area (Å²) in [7, 11) is -0.466. The topological polar surface area (TPSA) is 120 Å². The van der Waals surface area contributed by atoms with Crippen molar-refractivity contribution in [2.24, 2.45) is 0 Å². The monoisotopic (exact) mass is 604 g/mol. The van der Waals surface area contributed by atoms with Gasteiger partial charge in [-0.1, -0.05) is 39.0 Å². The number of ether oxygens (including phenoxy) is 3. The maximum Gasteiger partial charge on any atom is 0.411 e. The van der Waals surface area contributed by atoms with Crippen LogP contribution in [0.2, 0.25) is 5.04 Å². The Hall–Kier alpha value is -3.09. The number of nitrogens with zero attached hydrogens (tertiary/aromatic N) is 1. The summed E-state index contributed by atoms with van der Waals surface area (Å²) in [4.78, 5) is 28.6. The van der Waals surface area contributed by atoms with Crippen LogP contribution in [-0.2, 0) is 19.0 Å². The van der Waals surface area contributed by atoms with Gasteiger partial charge in [0, 0.05) is 12.6 Å². The summed E-state index contributed by atoms with van der Waals surface area (Å²) in [5.41, 5.74) is -0.243. The molecule has 0 bridgehead atoms. The average Bonchev–Trinajstić information content (AvgIpc) is 3.43. The molecule has 1 N–H and O–H groups in total. The van der Waals surface area contributed by atoms with Gasteiger partial charge in [0.1, 0.15) is 6.61 Å². The molecule has 0 spiro atoms. The molecule has 1 aliphatic rings. The second kappa shape index (κ2) is 13.3. The van der Waals surface area contributed by atoms with Gasteiger partial charge in [0.25, 0.3) is 5.91 Å². The van der Waals surface area contributed by atoms with Crippen LogP contribution in [0.15, 0.2) is 47.4 Å². The third kappa shape index (κ3) is 8.46. The number of amides is 2. The molecule has 12 heteroatoms. The average molecular weight is 605 g/mol. The molecule has 224 valence electrons. The highest BCUT2D eigenvalue weighted by Gasteiger charge is 2.42. The SMILES string of the molecule is COc1cc(NC(=O)OCCS(=O)(=O)c2ccccc2)c(C(=O)N2CCCC2C(C)(C)O[Si]C(C)(C)C)cc1OC. The van der Waals surface area contributed by atoms with E-state index in [4.69, 9.17) is 18.6 Å². The van der Waals surface area contributed by atoms with E-state index in [1.165, 1.54) is 38.5 Å². The largest absolute Gasteiger partial charge is 0.493 e. The highest BCUT2D eigenvalue weighted by Crippen LogP contribution is 2.37. The molecular weight excluding hydrogens is 564 g/mol. The number of rotatable bonds is 11. The van der Waals surface area contributed by atoms with Crippen LogP contribution >= 0.6 is 0 Å². The lowest BCUT2D eigenvalue weighted by molar-refractivity contribution is 0.0179. The van der Waals surface area contributed by atoms with Crippen LogP contribution in [-0.4, -0.2) is 79.8 Å². The number of anilines is 1. The van der Waals surface area contributed by atoms with Crippen LogP contribution < -0.4 is 14.8 Å². The van der Waals surface area contributed by atoms with Crippen molar-refractivity contribution >= 4 is 37.3 Å². The Labute approximate surface area is 245 Å². The fraction of sp³-hybridized carbons (Fsp3) is 0.517. The van der Waals surface area contributed by atoms with Crippen molar-refractivity contribution in [3.8, 4) is 11.5 Å². The molecular formula is C29H40N2O8SSi. The molecule has 1 fully saturated rings. The lowest BCUT2D eigenvalue weighted by Gasteiger charge is -2.39. The summed E-state index contributed by atoms with van der Waals surface area (Å²) in [6, 6.07) is 10.8. The minimum absolute atomic E-state index is 0.00799. The number of likely N-dealkylation sites (tertiary alicyclic amines) is 1. The molecule has 1 saturated heterocycles. The molecule has 2 aromatic carbocycles. The van der Waals surface area contributed by atoms with Crippen molar-refractivity contribution in [2.45, 2.75) is 69.0 Å². The minimum Gasteiger partial charge on any atom is -0.493 e. The Bertz CT molecular complexity index is 1330. The van der Waals surface area contributed by atoms with Gasteiger partial charge in [-0.3, -0.25) is 10.1 Å². The number of carbonyl (C=O) groups excluding carboxylic acids is 2. The maximum atomic E-state index is 14.0. The molecule has 1 unspecified atom stereocenters. The first-order valence-electron chi connectivity index (χ1n) is 13.4. The summed E-state index contributed by atoms with van der Waals surface area (Å²) in [6.07, 6.45) is 0.694. The summed E-state index contributed by atoms with van der Waals surface area (Å²) in [5.74, 6) is -0.0588. The normalized spacial score (nSPS) is 15.9. The summed E-state index contributed by atoms with van der Waals surface area (Å²) >= 11 is 0. The van der Waals surface area contributed by atoms with Crippen molar-refractivity contribution in [2.75, 3.05) is 38.4 Å². The fourth-order valence-electron chi connectivity index (χ4n) is 4.54. The summed E-state index contributed by atoms with van der Waals surface area (Å²) < 4.78 is 47.4. The number of sulfone groups is 1. The number of hydrogen-bond donors (Lipinski definition) is 1. The Morgan fingerprint density at radius 2 is 1.66 bits per heavy atom. The smallest absolute Gasteiger partial charge is 0.411 e. The lowest BCUT2D eigenvalue weighted by Crippen LogP contribution is -2.51. The Morgan fingerprint density at radius 1 is 1.02 bits per heavy atom.